The second-order valence-corrected chi connectivity index (χ2v) is 11.9. The van der Waals surface area contributed by atoms with E-state index in [1.807, 2.05) is 30.3 Å². The van der Waals surface area contributed by atoms with E-state index in [0.29, 0.717) is 0 Å². The zero-order chi connectivity index (χ0) is 25.2. The molecule has 0 radical (unpaired) electrons. The fourth-order valence-electron chi connectivity index (χ4n) is 4.77. The molecule has 2 atom stereocenters. The Morgan fingerprint density at radius 3 is 2.26 bits per heavy atom. The van der Waals surface area contributed by atoms with Crippen molar-refractivity contribution < 1.29 is 23.2 Å². The van der Waals surface area contributed by atoms with Crippen LogP contribution in [0.5, 0.6) is 0 Å². The van der Waals surface area contributed by atoms with E-state index in [0.717, 1.165) is 50.3 Å². The Morgan fingerprint density at radius 1 is 1.12 bits per heavy atom. The van der Waals surface area contributed by atoms with Crippen LogP contribution >= 0.6 is 0 Å². The van der Waals surface area contributed by atoms with E-state index >= 15 is 0 Å². The molecule has 2 rings (SSSR count). The molecular weight excluding hydrogens is 454 g/mol. The summed E-state index contributed by atoms with van der Waals surface area (Å²) in [4.78, 5) is 26.5. The molecule has 0 spiro atoms. The molecule has 0 heterocycles. The van der Waals surface area contributed by atoms with Crippen LogP contribution in [0.15, 0.2) is 36.4 Å². The third-order valence-corrected chi connectivity index (χ3v) is 8.43. The Hall–Kier alpha value is -2.23. The van der Waals surface area contributed by atoms with Crippen LogP contribution in [-0.2, 0) is 19.4 Å². The second kappa shape index (κ2) is 13.0. The zero-order valence-corrected chi connectivity index (χ0v) is 21.2. The number of hydroxylamine groups is 1. The summed E-state index contributed by atoms with van der Waals surface area (Å²) in [6.45, 7) is 3.61. The second-order valence-electron chi connectivity index (χ2n) is 9.62. The van der Waals surface area contributed by atoms with Crippen molar-refractivity contribution in [2.75, 3.05) is 6.26 Å². The number of hydrazine groups is 1. The van der Waals surface area contributed by atoms with Gasteiger partial charge in [0.25, 0.3) is 5.91 Å². The van der Waals surface area contributed by atoms with Crippen molar-refractivity contribution in [2.45, 2.75) is 76.0 Å². The van der Waals surface area contributed by atoms with Gasteiger partial charge >= 0.3 is 0 Å². The summed E-state index contributed by atoms with van der Waals surface area (Å²) >= 11 is 0. The highest BCUT2D eigenvalue weighted by molar-refractivity contribution is 7.93. The Balaban J connectivity index is 2.41. The molecule has 0 bridgehead atoms. The zero-order valence-electron chi connectivity index (χ0n) is 20.4. The Labute approximate surface area is 203 Å². The molecule has 1 saturated carbocycles. The van der Waals surface area contributed by atoms with E-state index in [-0.39, 0.29) is 24.8 Å². The van der Waals surface area contributed by atoms with Gasteiger partial charge in [0.05, 0.1) is 5.92 Å². The largest absolute Gasteiger partial charge is 0.290 e. The molecule has 9 heteroatoms. The van der Waals surface area contributed by atoms with E-state index in [2.05, 4.69) is 10.9 Å². The monoisotopic (exact) mass is 493 g/mol. The van der Waals surface area contributed by atoms with Gasteiger partial charge in [0.15, 0.2) is 14.6 Å². The summed E-state index contributed by atoms with van der Waals surface area (Å²) in [6, 6.07) is 9.40. The van der Waals surface area contributed by atoms with Gasteiger partial charge in [0.1, 0.15) is 0 Å². The number of nitrogens with one attached hydrogen (secondary N) is 3. The minimum Gasteiger partial charge on any atom is -0.290 e. The van der Waals surface area contributed by atoms with Gasteiger partial charge in [0, 0.05) is 12.3 Å². The lowest BCUT2D eigenvalue weighted by atomic mass is 9.81. The Bertz CT molecular complexity index is 925. The number of amides is 2. The van der Waals surface area contributed by atoms with Crippen LogP contribution < -0.4 is 16.3 Å². The maximum Gasteiger partial charge on any atom is 0.256 e. The molecule has 190 valence electrons. The summed E-state index contributed by atoms with van der Waals surface area (Å²) in [5, 5.41) is 9.47. The quantitative estimate of drug-likeness (QED) is 0.213. The van der Waals surface area contributed by atoms with E-state index in [1.54, 1.807) is 31.5 Å². The van der Waals surface area contributed by atoms with Gasteiger partial charge in [-0.05, 0) is 37.2 Å². The molecule has 1 fully saturated rings. The van der Waals surface area contributed by atoms with Gasteiger partial charge in [-0.3, -0.25) is 20.2 Å². The maximum absolute atomic E-state index is 13.6. The molecule has 0 aliphatic heterocycles. The van der Waals surface area contributed by atoms with Crippen LogP contribution in [0.2, 0.25) is 0 Å². The number of hydrogen-bond donors (Lipinski definition) is 4. The lowest BCUT2D eigenvalue weighted by molar-refractivity contribution is -0.139. The van der Waals surface area contributed by atoms with Gasteiger partial charge in [0.2, 0.25) is 5.91 Å². The van der Waals surface area contributed by atoms with Crippen molar-refractivity contribution in [1.82, 2.24) is 16.3 Å². The lowest BCUT2D eigenvalue weighted by Crippen LogP contribution is -2.63. The summed E-state index contributed by atoms with van der Waals surface area (Å²) in [5.41, 5.74) is 8.15. The van der Waals surface area contributed by atoms with E-state index in [9.17, 15) is 23.2 Å². The fraction of sp³-hybridized carbons (Fsp3) is 0.600. The first kappa shape index (κ1) is 28.0. The molecular formula is C25H39N3O5S. The van der Waals surface area contributed by atoms with Gasteiger partial charge in [-0.2, -0.15) is 0 Å². The molecule has 0 unspecified atom stereocenters. The molecule has 4 N–H and O–H groups in total. The molecule has 0 aromatic heterocycles. The summed E-state index contributed by atoms with van der Waals surface area (Å²) < 4.78 is 24.5. The summed E-state index contributed by atoms with van der Waals surface area (Å²) in [5.74, 6) is -3.21. The molecule has 1 aliphatic carbocycles. The third kappa shape index (κ3) is 7.38. The SMILES string of the molecule is CC(C)C[C@](C(=O)NNC1CCCCCC1)([C@@H](CC=Cc1ccccc1)C(=O)NO)S(C)(=O)=O. The minimum atomic E-state index is -4.09. The van der Waals surface area contributed by atoms with Crippen molar-refractivity contribution in [3.63, 3.8) is 0 Å². The van der Waals surface area contributed by atoms with Crippen molar-refractivity contribution in [3.8, 4) is 0 Å². The van der Waals surface area contributed by atoms with Crippen LogP contribution in [0.25, 0.3) is 6.08 Å². The Morgan fingerprint density at radius 2 is 1.74 bits per heavy atom. The normalized spacial score (nSPS) is 18.3. The summed E-state index contributed by atoms with van der Waals surface area (Å²) in [7, 11) is -4.09. The van der Waals surface area contributed by atoms with E-state index in [4.69, 9.17) is 0 Å². The Kier molecular flexibility index (Phi) is 10.7. The topological polar surface area (TPSA) is 125 Å². The molecule has 1 aromatic carbocycles. The first-order valence-corrected chi connectivity index (χ1v) is 13.9. The summed E-state index contributed by atoms with van der Waals surface area (Å²) in [6.07, 6.45) is 10.4. The minimum absolute atomic E-state index is 0.0437. The third-order valence-electron chi connectivity index (χ3n) is 6.47. The fourth-order valence-corrected chi connectivity index (χ4v) is 6.51. The number of carbonyl (C=O) groups excluding carboxylic acids is 2. The van der Waals surface area contributed by atoms with Gasteiger partial charge in [-0.1, -0.05) is 82.0 Å². The van der Waals surface area contributed by atoms with Crippen molar-refractivity contribution >= 4 is 27.7 Å². The van der Waals surface area contributed by atoms with Crippen LogP contribution in [0.1, 0.15) is 70.8 Å². The number of sulfone groups is 1. The molecule has 1 aliphatic rings. The smallest absolute Gasteiger partial charge is 0.256 e. The number of benzene rings is 1. The molecule has 2 amide bonds. The van der Waals surface area contributed by atoms with E-state index < -0.39 is 32.3 Å². The first-order valence-electron chi connectivity index (χ1n) is 12.0. The predicted molar refractivity (Wildman–Crippen MR) is 133 cm³/mol. The average Bonchev–Trinajstić information content (AvgIpc) is 3.07. The lowest BCUT2D eigenvalue weighted by Gasteiger charge is -2.38. The van der Waals surface area contributed by atoms with Crippen molar-refractivity contribution in [3.05, 3.63) is 42.0 Å². The van der Waals surface area contributed by atoms with Gasteiger partial charge in [-0.15, -0.1) is 0 Å². The van der Waals surface area contributed by atoms with Gasteiger partial charge in [-0.25, -0.2) is 19.3 Å². The van der Waals surface area contributed by atoms with Crippen LogP contribution in [-0.4, -0.2) is 42.5 Å². The standard InChI is InChI=1S/C25H39N3O5S/c1-19(2)18-25(34(3,32)33,24(30)27-26-21-15-9-4-5-10-16-21)22(23(29)28-31)17-11-14-20-12-7-6-8-13-20/h6-8,11-14,19,21-22,26,31H,4-5,9-10,15-18H2,1-3H3,(H,27,30)(H,28,29)/t22-,25+/m0/s1. The average molecular weight is 494 g/mol. The first-order chi connectivity index (χ1) is 16.1. The molecule has 34 heavy (non-hydrogen) atoms. The number of allylic oxidation sites excluding steroid dienone is 1. The predicted octanol–water partition coefficient (Wildman–Crippen LogP) is 3.38. The molecule has 0 saturated heterocycles. The van der Waals surface area contributed by atoms with Crippen LogP contribution in [0.3, 0.4) is 0 Å². The van der Waals surface area contributed by atoms with Crippen LogP contribution in [0.4, 0.5) is 0 Å². The number of carbonyl (C=O) groups is 2. The van der Waals surface area contributed by atoms with E-state index in [1.165, 1.54) is 0 Å². The van der Waals surface area contributed by atoms with Crippen LogP contribution in [0, 0.1) is 11.8 Å². The number of rotatable bonds is 11. The van der Waals surface area contributed by atoms with Gasteiger partial charge < -0.3 is 0 Å². The van der Waals surface area contributed by atoms with Crippen molar-refractivity contribution in [2.24, 2.45) is 11.8 Å². The number of hydrogen-bond acceptors (Lipinski definition) is 6. The maximum atomic E-state index is 13.6. The highest BCUT2D eigenvalue weighted by atomic mass is 32.2. The highest BCUT2D eigenvalue weighted by Crippen LogP contribution is 2.37. The highest BCUT2D eigenvalue weighted by Gasteiger charge is 2.56. The van der Waals surface area contributed by atoms with Crippen molar-refractivity contribution in [1.29, 1.82) is 0 Å². The molecule has 8 nitrogen and oxygen atoms in total. The molecule has 1 aromatic rings.